The van der Waals surface area contributed by atoms with Crippen molar-refractivity contribution in [2.45, 2.75) is 34.2 Å². The molecule has 0 fully saturated rings. The Kier molecular flexibility index (Phi) is 5.77. The molecular weight excluding hydrogens is 286 g/mol. The Morgan fingerprint density at radius 1 is 1.10 bits per heavy atom. The van der Waals surface area contributed by atoms with Gasteiger partial charge in [0.15, 0.2) is 11.5 Å². The Labute approximate surface area is 133 Å². The summed E-state index contributed by atoms with van der Waals surface area (Å²) < 4.78 is 11.1. The molecule has 0 saturated heterocycles. The Hall–Kier alpha value is -0.930. The zero-order chi connectivity index (χ0) is 15.4. The number of ether oxygens (including phenoxy) is 2. The smallest absolute Gasteiger partial charge is 0.179 e. The van der Waals surface area contributed by atoms with E-state index < -0.39 is 0 Å². The molecule has 1 heterocycles. The van der Waals surface area contributed by atoms with Crippen LogP contribution in [0.5, 0.6) is 11.5 Å². The van der Waals surface area contributed by atoms with E-state index in [0.717, 1.165) is 24.4 Å². The fraction of sp³-hybridized carbons (Fsp3) is 0.647. The van der Waals surface area contributed by atoms with Crippen LogP contribution in [0.1, 0.15) is 33.3 Å². The van der Waals surface area contributed by atoms with Gasteiger partial charge in [-0.15, -0.1) is 0 Å². The van der Waals surface area contributed by atoms with Gasteiger partial charge in [0.25, 0.3) is 0 Å². The summed E-state index contributed by atoms with van der Waals surface area (Å²) >= 11 is 6.26. The lowest BCUT2D eigenvalue weighted by Crippen LogP contribution is -2.29. The lowest BCUT2D eigenvalue weighted by molar-refractivity contribution is 0.171. The average molecular weight is 312 g/mol. The van der Waals surface area contributed by atoms with Crippen LogP contribution in [-0.4, -0.2) is 19.8 Å². The van der Waals surface area contributed by atoms with Gasteiger partial charge in [0.2, 0.25) is 0 Å². The third kappa shape index (κ3) is 4.27. The van der Waals surface area contributed by atoms with E-state index in [4.69, 9.17) is 21.1 Å². The van der Waals surface area contributed by atoms with Gasteiger partial charge in [-0.3, -0.25) is 0 Å². The van der Waals surface area contributed by atoms with Gasteiger partial charge in [-0.1, -0.05) is 39.3 Å². The number of benzene rings is 1. The van der Waals surface area contributed by atoms with Crippen molar-refractivity contribution in [3.63, 3.8) is 0 Å². The van der Waals surface area contributed by atoms with Gasteiger partial charge < -0.3 is 14.8 Å². The van der Waals surface area contributed by atoms with E-state index in [0.29, 0.717) is 41.7 Å². The van der Waals surface area contributed by atoms with Gasteiger partial charge in [0, 0.05) is 6.54 Å². The molecule has 1 aliphatic rings. The van der Waals surface area contributed by atoms with Crippen LogP contribution in [0, 0.1) is 17.8 Å². The zero-order valence-electron chi connectivity index (χ0n) is 13.4. The minimum absolute atomic E-state index is 0.564. The molecule has 3 nitrogen and oxygen atoms in total. The standard InChI is InChI=1S/C17H26ClNO2/c1-11(2)14(12(3)4)10-19-9-13-7-15(18)17-16(8-13)20-5-6-21-17/h7-8,11-12,14,19H,5-6,9-10H2,1-4H3. The van der Waals surface area contributed by atoms with E-state index in [2.05, 4.69) is 33.0 Å². The molecule has 0 radical (unpaired) electrons. The third-order valence-electron chi connectivity index (χ3n) is 4.08. The van der Waals surface area contributed by atoms with Gasteiger partial charge in [-0.2, -0.15) is 0 Å². The Balaban J connectivity index is 1.96. The molecule has 1 aliphatic heterocycles. The first-order valence-electron chi connectivity index (χ1n) is 7.77. The third-order valence-corrected chi connectivity index (χ3v) is 4.36. The SMILES string of the molecule is CC(C)C(CNCc1cc(Cl)c2c(c1)OCCO2)C(C)C. The highest BCUT2D eigenvalue weighted by atomic mass is 35.5. The molecule has 0 saturated carbocycles. The molecule has 0 atom stereocenters. The number of rotatable bonds is 6. The summed E-state index contributed by atoms with van der Waals surface area (Å²) in [6, 6.07) is 3.98. The van der Waals surface area contributed by atoms with Gasteiger partial charge in [0.1, 0.15) is 13.2 Å². The fourth-order valence-electron chi connectivity index (χ4n) is 2.89. The summed E-state index contributed by atoms with van der Waals surface area (Å²) in [4.78, 5) is 0. The van der Waals surface area contributed by atoms with E-state index in [1.165, 1.54) is 0 Å². The summed E-state index contributed by atoms with van der Waals surface area (Å²) in [6.45, 7) is 12.1. The number of hydrogen-bond donors (Lipinski definition) is 1. The molecule has 0 unspecified atom stereocenters. The second kappa shape index (κ2) is 7.37. The maximum Gasteiger partial charge on any atom is 0.179 e. The number of halogens is 1. The molecule has 2 rings (SSSR count). The minimum atomic E-state index is 0.564. The van der Waals surface area contributed by atoms with Crippen LogP contribution in [-0.2, 0) is 6.54 Å². The van der Waals surface area contributed by atoms with Gasteiger partial charge >= 0.3 is 0 Å². The lowest BCUT2D eigenvalue weighted by Gasteiger charge is -2.25. The summed E-state index contributed by atoms with van der Waals surface area (Å²) in [6.07, 6.45) is 0. The van der Waals surface area contributed by atoms with E-state index in [-0.39, 0.29) is 0 Å². The highest BCUT2D eigenvalue weighted by Crippen LogP contribution is 2.38. The van der Waals surface area contributed by atoms with Crippen molar-refractivity contribution in [2.24, 2.45) is 17.8 Å². The summed E-state index contributed by atoms with van der Waals surface area (Å²) in [7, 11) is 0. The predicted octanol–water partition coefficient (Wildman–Crippen LogP) is 4.13. The molecule has 0 aromatic heterocycles. The van der Waals surface area contributed by atoms with Crippen LogP contribution in [0.3, 0.4) is 0 Å². The molecule has 1 aromatic carbocycles. The molecular formula is C17H26ClNO2. The van der Waals surface area contributed by atoms with Crippen molar-refractivity contribution in [3.8, 4) is 11.5 Å². The highest BCUT2D eigenvalue weighted by Gasteiger charge is 2.18. The Morgan fingerprint density at radius 3 is 2.43 bits per heavy atom. The van der Waals surface area contributed by atoms with Crippen LogP contribution < -0.4 is 14.8 Å². The second-order valence-electron chi connectivity index (χ2n) is 6.38. The summed E-state index contributed by atoms with van der Waals surface area (Å²) in [5.74, 6) is 3.48. The molecule has 0 bridgehead atoms. The maximum absolute atomic E-state index is 6.26. The average Bonchev–Trinajstić information content (AvgIpc) is 2.43. The van der Waals surface area contributed by atoms with E-state index in [9.17, 15) is 0 Å². The molecule has 4 heteroatoms. The predicted molar refractivity (Wildman–Crippen MR) is 87.3 cm³/mol. The molecule has 1 aromatic rings. The first kappa shape index (κ1) is 16.4. The first-order valence-corrected chi connectivity index (χ1v) is 8.15. The van der Waals surface area contributed by atoms with Crippen molar-refractivity contribution in [1.82, 2.24) is 5.32 Å². The Morgan fingerprint density at radius 2 is 1.76 bits per heavy atom. The van der Waals surface area contributed by atoms with Crippen LogP contribution in [0.25, 0.3) is 0 Å². The molecule has 0 aliphatic carbocycles. The van der Waals surface area contributed by atoms with Crippen LogP contribution in [0.15, 0.2) is 12.1 Å². The quantitative estimate of drug-likeness (QED) is 0.857. The topological polar surface area (TPSA) is 30.5 Å². The normalized spacial score (nSPS) is 14.3. The lowest BCUT2D eigenvalue weighted by atomic mass is 9.85. The van der Waals surface area contributed by atoms with Gasteiger partial charge in [-0.25, -0.2) is 0 Å². The monoisotopic (exact) mass is 311 g/mol. The molecule has 0 amide bonds. The van der Waals surface area contributed by atoms with E-state index in [1.54, 1.807) is 0 Å². The second-order valence-corrected chi connectivity index (χ2v) is 6.79. The largest absolute Gasteiger partial charge is 0.486 e. The van der Waals surface area contributed by atoms with Gasteiger partial charge in [-0.05, 0) is 42.0 Å². The van der Waals surface area contributed by atoms with Crippen molar-refractivity contribution in [2.75, 3.05) is 19.8 Å². The summed E-state index contributed by atoms with van der Waals surface area (Å²) in [5.41, 5.74) is 1.13. The van der Waals surface area contributed by atoms with E-state index >= 15 is 0 Å². The fourth-order valence-corrected chi connectivity index (χ4v) is 3.18. The van der Waals surface area contributed by atoms with Crippen molar-refractivity contribution >= 4 is 11.6 Å². The van der Waals surface area contributed by atoms with Crippen molar-refractivity contribution < 1.29 is 9.47 Å². The number of fused-ring (bicyclic) bond motifs is 1. The van der Waals surface area contributed by atoms with Crippen LogP contribution >= 0.6 is 11.6 Å². The molecule has 118 valence electrons. The minimum Gasteiger partial charge on any atom is -0.486 e. The van der Waals surface area contributed by atoms with E-state index in [1.807, 2.05) is 12.1 Å². The molecule has 21 heavy (non-hydrogen) atoms. The molecule has 0 spiro atoms. The molecule has 1 N–H and O–H groups in total. The van der Waals surface area contributed by atoms with Crippen molar-refractivity contribution in [1.29, 1.82) is 0 Å². The van der Waals surface area contributed by atoms with Gasteiger partial charge in [0.05, 0.1) is 5.02 Å². The number of nitrogens with one attached hydrogen (secondary N) is 1. The van der Waals surface area contributed by atoms with Crippen LogP contribution in [0.4, 0.5) is 0 Å². The first-order chi connectivity index (χ1) is 9.99. The van der Waals surface area contributed by atoms with Crippen LogP contribution in [0.2, 0.25) is 5.02 Å². The summed E-state index contributed by atoms with van der Waals surface area (Å²) in [5, 5.41) is 4.18. The maximum atomic E-state index is 6.26. The Bertz CT molecular complexity index is 466. The zero-order valence-corrected chi connectivity index (χ0v) is 14.2. The highest BCUT2D eigenvalue weighted by molar-refractivity contribution is 6.32. The van der Waals surface area contributed by atoms with Crippen molar-refractivity contribution in [3.05, 3.63) is 22.7 Å². The number of hydrogen-bond acceptors (Lipinski definition) is 3.